The molecule has 0 fully saturated rings. The molecule has 1 unspecified atom stereocenters. The number of benzene rings is 1. The Morgan fingerprint density at radius 3 is 2.29 bits per heavy atom. The fourth-order valence-corrected chi connectivity index (χ4v) is 1.47. The van der Waals surface area contributed by atoms with Crippen molar-refractivity contribution in [3.63, 3.8) is 0 Å². The molecule has 0 aromatic heterocycles. The zero-order chi connectivity index (χ0) is 10.4. The third kappa shape index (κ3) is 2.82. The van der Waals surface area contributed by atoms with Crippen LogP contribution in [-0.4, -0.2) is 13.2 Å². The van der Waals surface area contributed by atoms with Crippen LogP contribution in [0, 0.1) is 0 Å². The van der Waals surface area contributed by atoms with Gasteiger partial charge in [0.1, 0.15) is 0 Å². The number of rotatable bonds is 5. The Bertz CT molecular complexity index is 256. The highest BCUT2D eigenvalue weighted by Crippen LogP contribution is 2.16. The maximum atomic E-state index is 5.64. The Kier molecular flexibility index (Phi) is 4.63. The molecular weight excluding hydrogens is 174 g/mol. The molecule has 0 aliphatic carbocycles. The number of hydrogen-bond acceptors (Lipinski definition) is 2. The standard InChI is InChI=1S/C12H19NO/c1-3-10-5-7-11(8-6-10)12(9-13)14-4-2/h5-8,12H,3-4,9,13H2,1-2H3. The maximum Gasteiger partial charge on any atom is 0.0946 e. The Morgan fingerprint density at radius 2 is 1.86 bits per heavy atom. The van der Waals surface area contributed by atoms with Crippen LogP contribution in [0.2, 0.25) is 0 Å². The summed E-state index contributed by atoms with van der Waals surface area (Å²) >= 11 is 0. The van der Waals surface area contributed by atoms with Crippen LogP contribution in [0.5, 0.6) is 0 Å². The minimum atomic E-state index is 0.0471. The first-order valence-electron chi connectivity index (χ1n) is 5.22. The van der Waals surface area contributed by atoms with Crippen molar-refractivity contribution in [1.82, 2.24) is 0 Å². The molecule has 0 bridgehead atoms. The van der Waals surface area contributed by atoms with Gasteiger partial charge >= 0.3 is 0 Å². The summed E-state index contributed by atoms with van der Waals surface area (Å²) in [4.78, 5) is 0. The van der Waals surface area contributed by atoms with Gasteiger partial charge < -0.3 is 10.5 Å². The highest BCUT2D eigenvalue weighted by Gasteiger charge is 2.08. The summed E-state index contributed by atoms with van der Waals surface area (Å²) in [7, 11) is 0. The summed E-state index contributed by atoms with van der Waals surface area (Å²) in [6.07, 6.45) is 1.12. The molecule has 0 saturated heterocycles. The predicted molar refractivity (Wildman–Crippen MR) is 59.2 cm³/mol. The van der Waals surface area contributed by atoms with Crippen LogP contribution in [0.4, 0.5) is 0 Å². The van der Waals surface area contributed by atoms with E-state index in [1.165, 1.54) is 11.1 Å². The zero-order valence-corrected chi connectivity index (χ0v) is 8.99. The van der Waals surface area contributed by atoms with Gasteiger partial charge in [0.05, 0.1) is 6.10 Å². The van der Waals surface area contributed by atoms with E-state index in [9.17, 15) is 0 Å². The van der Waals surface area contributed by atoms with Gasteiger partial charge in [0.2, 0.25) is 0 Å². The van der Waals surface area contributed by atoms with E-state index in [0.29, 0.717) is 13.2 Å². The molecule has 2 N–H and O–H groups in total. The second kappa shape index (κ2) is 5.78. The molecule has 78 valence electrons. The van der Waals surface area contributed by atoms with Crippen molar-refractivity contribution in [2.75, 3.05) is 13.2 Å². The zero-order valence-electron chi connectivity index (χ0n) is 8.99. The van der Waals surface area contributed by atoms with Gasteiger partial charge in [0.15, 0.2) is 0 Å². The van der Waals surface area contributed by atoms with Crippen LogP contribution in [0.1, 0.15) is 31.1 Å². The lowest BCUT2D eigenvalue weighted by atomic mass is 10.1. The predicted octanol–water partition coefficient (Wildman–Crippen LogP) is 2.29. The number of aryl methyl sites for hydroxylation is 1. The van der Waals surface area contributed by atoms with E-state index in [1.54, 1.807) is 0 Å². The molecule has 0 amide bonds. The van der Waals surface area contributed by atoms with Crippen molar-refractivity contribution in [3.05, 3.63) is 35.4 Å². The molecule has 1 aromatic rings. The molecular formula is C12H19NO. The third-order valence-corrected chi connectivity index (χ3v) is 2.34. The largest absolute Gasteiger partial charge is 0.372 e. The molecule has 0 aliphatic rings. The molecule has 14 heavy (non-hydrogen) atoms. The summed E-state index contributed by atoms with van der Waals surface area (Å²) in [6, 6.07) is 8.48. The van der Waals surface area contributed by atoms with Crippen molar-refractivity contribution in [2.45, 2.75) is 26.4 Å². The lowest BCUT2D eigenvalue weighted by Crippen LogP contribution is -2.15. The van der Waals surface area contributed by atoms with E-state index in [-0.39, 0.29) is 6.10 Å². The van der Waals surface area contributed by atoms with E-state index >= 15 is 0 Å². The molecule has 0 radical (unpaired) electrons. The molecule has 2 heteroatoms. The van der Waals surface area contributed by atoms with Crippen molar-refractivity contribution in [3.8, 4) is 0 Å². The first-order chi connectivity index (χ1) is 6.81. The van der Waals surface area contributed by atoms with E-state index in [2.05, 4.69) is 31.2 Å². The van der Waals surface area contributed by atoms with Crippen LogP contribution < -0.4 is 5.73 Å². The average molecular weight is 193 g/mol. The number of hydrogen-bond donors (Lipinski definition) is 1. The third-order valence-electron chi connectivity index (χ3n) is 2.34. The van der Waals surface area contributed by atoms with Crippen molar-refractivity contribution in [2.24, 2.45) is 5.73 Å². The van der Waals surface area contributed by atoms with Gasteiger partial charge in [-0.25, -0.2) is 0 Å². The van der Waals surface area contributed by atoms with Gasteiger partial charge in [-0.1, -0.05) is 31.2 Å². The van der Waals surface area contributed by atoms with Crippen molar-refractivity contribution >= 4 is 0 Å². The summed E-state index contributed by atoms with van der Waals surface area (Å²) in [5, 5.41) is 0. The smallest absolute Gasteiger partial charge is 0.0946 e. The molecule has 1 atom stereocenters. The van der Waals surface area contributed by atoms with E-state index < -0.39 is 0 Å². The first kappa shape index (κ1) is 11.2. The molecule has 0 spiro atoms. The van der Waals surface area contributed by atoms with Crippen LogP contribution in [0.25, 0.3) is 0 Å². The van der Waals surface area contributed by atoms with Crippen LogP contribution >= 0.6 is 0 Å². The summed E-state index contributed by atoms with van der Waals surface area (Å²) < 4.78 is 5.53. The highest BCUT2D eigenvalue weighted by molar-refractivity contribution is 5.24. The van der Waals surface area contributed by atoms with Gasteiger partial charge in [-0.2, -0.15) is 0 Å². The van der Waals surface area contributed by atoms with E-state index in [1.807, 2.05) is 6.92 Å². The van der Waals surface area contributed by atoms with Crippen LogP contribution in [-0.2, 0) is 11.2 Å². The topological polar surface area (TPSA) is 35.2 Å². The van der Waals surface area contributed by atoms with Gasteiger partial charge in [-0.3, -0.25) is 0 Å². The van der Waals surface area contributed by atoms with Crippen LogP contribution in [0.15, 0.2) is 24.3 Å². The van der Waals surface area contributed by atoms with Crippen LogP contribution in [0.3, 0.4) is 0 Å². The van der Waals surface area contributed by atoms with Crippen molar-refractivity contribution in [1.29, 1.82) is 0 Å². The molecule has 2 nitrogen and oxygen atoms in total. The minimum Gasteiger partial charge on any atom is -0.372 e. The SMILES string of the molecule is CCOC(CN)c1ccc(CC)cc1. The quantitative estimate of drug-likeness (QED) is 0.778. The normalized spacial score (nSPS) is 12.8. The van der Waals surface area contributed by atoms with Crippen molar-refractivity contribution < 1.29 is 4.74 Å². The fraction of sp³-hybridized carbons (Fsp3) is 0.500. The molecule has 1 rings (SSSR count). The lowest BCUT2D eigenvalue weighted by molar-refractivity contribution is 0.0688. The monoisotopic (exact) mass is 193 g/mol. The van der Waals surface area contributed by atoms with E-state index in [0.717, 1.165) is 6.42 Å². The molecule has 0 heterocycles. The number of nitrogens with two attached hydrogens (primary N) is 1. The second-order valence-electron chi connectivity index (χ2n) is 3.27. The maximum absolute atomic E-state index is 5.64. The summed E-state index contributed by atoms with van der Waals surface area (Å²) in [6.45, 7) is 5.39. The first-order valence-corrected chi connectivity index (χ1v) is 5.22. The summed E-state index contributed by atoms with van der Waals surface area (Å²) in [5.74, 6) is 0. The Morgan fingerprint density at radius 1 is 1.21 bits per heavy atom. The van der Waals surface area contributed by atoms with Gasteiger partial charge in [-0.15, -0.1) is 0 Å². The Balaban J connectivity index is 2.73. The fourth-order valence-electron chi connectivity index (χ4n) is 1.47. The highest BCUT2D eigenvalue weighted by atomic mass is 16.5. The van der Waals surface area contributed by atoms with E-state index in [4.69, 9.17) is 10.5 Å². The second-order valence-corrected chi connectivity index (χ2v) is 3.27. The van der Waals surface area contributed by atoms with Gasteiger partial charge in [0.25, 0.3) is 0 Å². The molecule has 0 aliphatic heterocycles. The minimum absolute atomic E-state index is 0.0471. The molecule has 0 saturated carbocycles. The van der Waals surface area contributed by atoms with Gasteiger partial charge in [0, 0.05) is 13.2 Å². The summed E-state index contributed by atoms with van der Waals surface area (Å²) in [5.41, 5.74) is 8.16. The van der Waals surface area contributed by atoms with Gasteiger partial charge in [-0.05, 0) is 24.5 Å². The average Bonchev–Trinajstić information content (AvgIpc) is 2.26. The molecule has 1 aromatic carbocycles. The lowest BCUT2D eigenvalue weighted by Gasteiger charge is -2.15. The number of ether oxygens (including phenoxy) is 1. The Labute approximate surface area is 86.1 Å². The Hall–Kier alpha value is -0.860.